The zero-order valence-corrected chi connectivity index (χ0v) is 14.1. The molecule has 112 valence electrons. The topological polar surface area (TPSA) is 30.5 Å². The van der Waals surface area contributed by atoms with Gasteiger partial charge in [-0.1, -0.05) is 19.9 Å². The van der Waals surface area contributed by atoms with Gasteiger partial charge in [-0.25, -0.2) is 0 Å². The summed E-state index contributed by atoms with van der Waals surface area (Å²) in [6.07, 6.45) is 2.40. The van der Waals surface area contributed by atoms with Crippen molar-refractivity contribution in [3.63, 3.8) is 0 Å². The lowest BCUT2D eigenvalue weighted by molar-refractivity contribution is 0.0631. The minimum Gasteiger partial charge on any atom is -0.492 e. The maximum atomic E-state index is 5.90. The van der Waals surface area contributed by atoms with E-state index in [4.69, 9.17) is 9.47 Å². The Morgan fingerprint density at radius 1 is 1.50 bits per heavy atom. The highest BCUT2D eigenvalue weighted by atomic mass is 79.9. The number of hydrogen-bond donors (Lipinski definition) is 1. The monoisotopic (exact) mass is 341 g/mol. The van der Waals surface area contributed by atoms with Gasteiger partial charge in [0.25, 0.3) is 0 Å². The summed E-state index contributed by atoms with van der Waals surface area (Å²) in [5.41, 5.74) is 1.24. The molecule has 1 aliphatic rings. The van der Waals surface area contributed by atoms with Gasteiger partial charge in [0.15, 0.2) is 0 Å². The fourth-order valence-corrected chi connectivity index (χ4v) is 3.21. The Balaban J connectivity index is 2.16. The molecule has 3 unspecified atom stereocenters. The van der Waals surface area contributed by atoms with E-state index < -0.39 is 0 Å². The molecule has 0 bridgehead atoms. The molecule has 0 saturated carbocycles. The number of nitrogens with one attached hydrogen (secondary N) is 1. The average Bonchev–Trinajstić information content (AvgIpc) is 2.85. The molecule has 0 radical (unpaired) electrons. The molecule has 0 spiro atoms. The second-order valence-electron chi connectivity index (χ2n) is 5.41. The number of likely N-dealkylation sites (N-methyl/N-ethyl adjacent to an activating group) is 1. The smallest absolute Gasteiger partial charge is 0.133 e. The number of hydrogen-bond acceptors (Lipinski definition) is 3. The Kier molecular flexibility index (Phi) is 5.87. The van der Waals surface area contributed by atoms with Crippen molar-refractivity contribution in [2.75, 3.05) is 20.3 Å². The van der Waals surface area contributed by atoms with E-state index in [0.717, 1.165) is 36.3 Å². The summed E-state index contributed by atoms with van der Waals surface area (Å²) in [5, 5.41) is 3.39. The van der Waals surface area contributed by atoms with Crippen molar-refractivity contribution in [3.8, 4) is 5.75 Å². The minimum absolute atomic E-state index is 0.226. The van der Waals surface area contributed by atoms with Gasteiger partial charge >= 0.3 is 0 Å². The van der Waals surface area contributed by atoms with Crippen LogP contribution >= 0.6 is 15.9 Å². The summed E-state index contributed by atoms with van der Waals surface area (Å²) in [7, 11) is 1.99. The Morgan fingerprint density at radius 3 is 2.85 bits per heavy atom. The lowest BCUT2D eigenvalue weighted by Gasteiger charge is -2.26. The molecule has 0 aliphatic carbocycles. The van der Waals surface area contributed by atoms with Gasteiger partial charge in [-0.2, -0.15) is 0 Å². The number of ether oxygens (including phenoxy) is 2. The first-order valence-corrected chi connectivity index (χ1v) is 8.17. The Morgan fingerprint density at radius 2 is 2.30 bits per heavy atom. The summed E-state index contributed by atoms with van der Waals surface area (Å²) >= 11 is 3.60. The van der Waals surface area contributed by atoms with Crippen LogP contribution in [0.25, 0.3) is 0 Å². The molecule has 4 heteroatoms. The molecule has 0 aromatic heterocycles. The maximum Gasteiger partial charge on any atom is 0.133 e. The fourth-order valence-electron chi connectivity index (χ4n) is 2.70. The molecule has 3 nitrogen and oxygen atoms in total. The first kappa shape index (κ1) is 15.8. The van der Waals surface area contributed by atoms with Crippen LogP contribution in [0.2, 0.25) is 0 Å². The summed E-state index contributed by atoms with van der Waals surface area (Å²) in [5.74, 6) is 1.49. The van der Waals surface area contributed by atoms with Crippen molar-refractivity contribution in [1.82, 2.24) is 5.32 Å². The molecule has 0 amide bonds. The van der Waals surface area contributed by atoms with Crippen LogP contribution in [0, 0.1) is 5.92 Å². The van der Waals surface area contributed by atoms with E-state index in [1.807, 2.05) is 13.1 Å². The van der Waals surface area contributed by atoms with Crippen LogP contribution in [0.4, 0.5) is 0 Å². The largest absolute Gasteiger partial charge is 0.492 e. The SMILES string of the molecule is CCCOc1ccc(C(NC)C2OCCC2C)cc1Br. The highest BCUT2D eigenvalue weighted by Gasteiger charge is 2.32. The van der Waals surface area contributed by atoms with Gasteiger partial charge in [0.2, 0.25) is 0 Å². The lowest BCUT2D eigenvalue weighted by Crippen LogP contribution is -2.32. The summed E-state index contributed by atoms with van der Waals surface area (Å²) in [6, 6.07) is 6.54. The Labute approximate surface area is 130 Å². The number of benzene rings is 1. The van der Waals surface area contributed by atoms with Gasteiger partial charge in [0, 0.05) is 6.61 Å². The quantitative estimate of drug-likeness (QED) is 0.850. The zero-order valence-electron chi connectivity index (χ0n) is 12.5. The average molecular weight is 342 g/mol. The van der Waals surface area contributed by atoms with Crippen molar-refractivity contribution >= 4 is 15.9 Å². The van der Waals surface area contributed by atoms with E-state index in [0.29, 0.717) is 5.92 Å². The van der Waals surface area contributed by atoms with E-state index in [2.05, 4.69) is 47.2 Å². The molecule has 1 saturated heterocycles. The van der Waals surface area contributed by atoms with Gasteiger partial charge < -0.3 is 14.8 Å². The van der Waals surface area contributed by atoms with Crippen molar-refractivity contribution < 1.29 is 9.47 Å². The van der Waals surface area contributed by atoms with Crippen LogP contribution in [0.1, 0.15) is 38.3 Å². The summed E-state index contributed by atoms with van der Waals surface area (Å²) in [4.78, 5) is 0. The predicted molar refractivity (Wildman–Crippen MR) is 85.2 cm³/mol. The highest BCUT2D eigenvalue weighted by molar-refractivity contribution is 9.10. The molecular formula is C16H24BrNO2. The molecule has 20 heavy (non-hydrogen) atoms. The molecular weight excluding hydrogens is 318 g/mol. The minimum atomic E-state index is 0.226. The molecule has 1 aliphatic heterocycles. The van der Waals surface area contributed by atoms with Crippen molar-refractivity contribution in [3.05, 3.63) is 28.2 Å². The molecule has 1 heterocycles. The third-order valence-electron chi connectivity index (χ3n) is 3.86. The molecule has 3 atom stereocenters. The second kappa shape index (κ2) is 7.43. The van der Waals surface area contributed by atoms with Crippen molar-refractivity contribution in [2.45, 2.75) is 38.8 Å². The van der Waals surface area contributed by atoms with Gasteiger partial charge in [-0.15, -0.1) is 0 Å². The number of halogens is 1. The van der Waals surface area contributed by atoms with Gasteiger partial charge in [0.05, 0.1) is 23.2 Å². The fraction of sp³-hybridized carbons (Fsp3) is 0.625. The van der Waals surface area contributed by atoms with E-state index >= 15 is 0 Å². The third-order valence-corrected chi connectivity index (χ3v) is 4.48. The molecule has 1 fully saturated rings. The van der Waals surface area contributed by atoms with E-state index in [1.165, 1.54) is 5.56 Å². The van der Waals surface area contributed by atoms with Crippen LogP contribution < -0.4 is 10.1 Å². The van der Waals surface area contributed by atoms with Crippen LogP contribution in [-0.2, 0) is 4.74 Å². The van der Waals surface area contributed by atoms with Crippen LogP contribution in [-0.4, -0.2) is 26.4 Å². The van der Waals surface area contributed by atoms with Gasteiger partial charge in [-0.05, 0) is 59.4 Å². The van der Waals surface area contributed by atoms with E-state index in [1.54, 1.807) is 0 Å². The van der Waals surface area contributed by atoms with Crippen LogP contribution in [0.3, 0.4) is 0 Å². The standard InChI is InChI=1S/C16H24BrNO2/c1-4-8-19-14-6-5-12(10-13(14)17)15(18-3)16-11(2)7-9-20-16/h5-6,10-11,15-16,18H,4,7-9H2,1-3H3. The van der Waals surface area contributed by atoms with Crippen LogP contribution in [0.5, 0.6) is 5.75 Å². The van der Waals surface area contributed by atoms with E-state index in [-0.39, 0.29) is 12.1 Å². The van der Waals surface area contributed by atoms with Crippen molar-refractivity contribution in [1.29, 1.82) is 0 Å². The Bertz CT molecular complexity index is 438. The first-order chi connectivity index (χ1) is 9.67. The normalized spacial score (nSPS) is 23.8. The highest BCUT2D eigenvalue weighted by Crippen LogP contribution is 2.34. The molecule has 1 N–H and O–H groups in total. The Hall–Kier alpha value is -0.580. The van der Waals surface area contributed by atoms with Gasteiger partial charge in [-0.3, -0.25) is 0 Å². The first-order valence-electron chi connectivity index (χ1n) is 7.38. The summed E-state index contributed by atoms with van der Waals surface area (Å²) in [6.45, 7) is 5.98. The molecule has 1 aromatic carbocycles. The van der Waals surface area contributed by atoms with Gasteiger partial charge in [0.1, 0.15) is 5.75 Å². The predicted octanol–water partition coefficient (Wildman–Crippen LogP) is 3.92. The second-order valence-corrected chi connectivity index (χ2v) is 6.26. The zero-order chi connectivity index (χ0) is 14.5. The van der Waals surface area contributed by atoms with E-state index in [9.17, 15) is 0 Å². The third kappa shape index (κ3) is 3.54. The number of rotatable bonds is 6. The molecule has 1 aromatic rings. The van der Waals surface area contributed by atoms with Crippen LogP contribution in [0.15, 0.2) is 22.7 Å². The maximum absolute atomic E-state index is 5.90. The lowest BCUT2D eigenvalue weighted by atomic mass is 9.92. The van der Waals surface area contributed by atoms with Crippen molar-refractivity contribution in [2.24, 2.45) is 5.92 Å². The summed E-state index contributed by atoms with van der Waals surface area (Å²) < 4.78 is 12.6. The molecule has 2 rings (SSSR count).